The number of nitrogens with one attached hydrogen (secondary N) is 3. The van der Waals surface area contributed by atoms with E-state index in [0.29, 0.717) is 28.1 Å². The van der Waals surface area contributed by atoms with Gasteiger partial charge in [0.05, 0.1) is 16.0 Å². The lowest BCUT2D eigenvalue weighted by Crippen LogP contribution is -2.34. The summed E-state index contributed by atoms with van der Waals surface area (Å²) in [4.78, 5) is 12.8. The zero-order valence-corrected chi connectivity index (χ0v) is 23.7. The lowest BCUT2D eigenvalue weighted by Gasteiger charge is -2.12. The second-order valence-corrected chi connectivity index (χ2v) is 11.3. The largest absolute Gasteiger partial charge is 0.492 e. The molecule has 0 heterocycles. The van der Waals surface area contributed by atoms with Gasteiger partial charge in [-0.25, -0.2) is 13.1 Å². The smallest absolute Gasteiger partial charge is 0.257 e. The molecule has 0 aliphatic rings. The van der Waals surface area contributed by atoms with Crippen LogP contribution in [0.2, 0.25) is 0 Å². The standard InChI is InChI=1S/C27H30BrN3O4S2/c1-2-3-4-8-17-35-25-16-11-21(18-24(25)28)26(32)31-27(36)30-22-12-14-23(15-13-22)37(33,34)29-19-20-9-6-5-7-10-20/h5-7,9-16,18,29H,2-4,8,17,19H2,1H3,(H2,30,31,32,36). The molecule has 196 valence electrons. The Morgan fingerprint density at radius 2 is 1.70 bits per heavy atom. The van der Waals surface area contributed by atoms with Crippen LogP contribution >= 0.6 is 28.1 Å². The highest BCUT2D eigenvalue weighted by atomic mass is 79.9. The van der Waals surface area contributed by atoms with Gasteiger partial charge >= 0.3 is 0 Å². The Balaban J connectivity index is 1.50. The van der Waals surface area contributed by atoms with Gasteiger partial charge in [0.2, 0.25) is 10.0 Å². The van der Waals surface area contributed by atoms with Gasteiger partial charge in [-0.2, -0.15) is 0 Å². The van der Waals surface area contributed by atoms with Crippen LogP contribution < -0.4 is 20.1 Å². The summed E-state index contributed by atoms with van der Waals surface area (Å²) < 4.78 is 34.2. The summed E-state index contributed by atoms with van der Waals surface area (Å²) in [6, 6.07) is 20.5. The zero-order valence-electron chi connectivity index (χ0n) is 20.5. The molecular weight excluding hydrogens is 574 g/mol. The molecule has 3 rings (SSSR count). The Kier molecular flexibility index (Phi) is 11.1. The Hall–Kier alpha value is -2.79. The second-order valence-electron chi connectivity index (χ2n) is 8.30. The van der Waals surface area contributed by atoms with E-state index in [1.807, 2.05) is 30.3 Å². The molecule has 0 aliphatic heterocycles. The highest BCUT2D eigenvalue weighted by molar-refractivity contribution is 9.10. The van der Waals surface area contributed by atoms with E-state index < -0.39 is 10.0 Å². The van der Waals surface area contributed by atoms with Gasteiger partial charge in [-0.3, -0.25) is 10.1 Å². The first-order valence-electron chi connectivity index (χ1n) is 12.0. The number of unbranched alkanes of at least 4 members (excludes halogenated alkanes) is 3. The second kappa shape index (κ2) is 14.2. The van der Waals surface area contributed by atoms with Crippen LogP contribution in [0.25, 0.3) is 0 Å². The molecule has 0 radical (unpaired) electrons. The van der Waals surface area contributed by atoms with Crippen LogP contribution in [-0.2, 0) is 16.6 Å². The number of amides is 1. The van der Waals surface area contributed by atoms with Gasteiger partial charge in [-0.15, -0.1) is 0 Å². The predicted octanol–water partition coefficient (Wildman–Crippen LogP) is 6.01. The maximum Gasteiger partial charge on any atom is 0.257 e. The predicted molar refractivity (Wildman–Crippen MR) is 154 cm³/mol. The zero-order chi connectivity index (χ0) is 26.7. The average molecular weight is 605 g/mol. The molecule has 0 aliphatic carbocycles. The van der Waals surface area contributed by atoms with E-state index in [0.717, 1.165) is 18.4 Å². The normalized spacial score (nSPS) is 11.1. The molecule has 0 spiro atoms. The molecule has 3 aromatic rings. The molecular formula is C27H30BrN3O4S2. The minimum absolute atomic E-state index is 0.0928. The van der Waals surface area contributed by atoms with Crippen LogP contribution in [0.3, 0.4) is 0 Å². The Labute approximate surface area is 232 Å². The number of ether oxygens (including phenoxy) is 1. The van der Waals surface area contributed by atoms with Crippen molar-refractivity contribution in [3.8, 4) is 5.75 Å². The van der Waals surface area contributed by atoms with Gasteiger partial charge in [0.1, 0.15) is 5.75 Å². The molecule has 0 bridgehead atoms. The number of halogens is 1. The van der Waals surface area contributed by atoms with Crippen molar-refractivity contribution < 1.29 is 17.9 Å². The Morgan fingerprint density at radius 1 is 0.973 bits per heavy atom. The van der Waals surface area contributed by atoms with Crippen LogP contribution in [0, 0.1) is 0 Å². The highest BCUT2D eigenvalue weighted by Crippen LogP contribution is 2.26. The summed E-state index contributed by atoms with van der Waals surface area (Å²) in [5, 5.41) is 5.62. The third-order valence-corrected chi connectivity index (χ3v) is 7.65. The monoisotopic (exact) mass is 603 g/mol. The van der Waals surface area contributed by atoms with Crippen molar-refractivity contribution in [2.75, 3.05) is 11.9 Å². The minimum Gasteiger partial charge on any atom is -0.492 e. The van der Waals surface area contributed by atoms with Crippen LogP contribution in [-0.4, -0.2) is 26.0 Å². The van der Waals surface area contributed by atoms with Crippen molar-refractivity contribution in [3.63, 3.8) is 0 Å². The molecule has 10 heteroatoms. The molecule has 0 saturated carbocycles. The van der Waals surface area contributed by atoms with Crippen molar-refractivity contribution in [3.05, 3.63) is 88.4 Å². The van der Waals surface area contributed by atoms with Crippen molar-refractivity contribution in [1.82, 2.24) is 10.0 Å². The summed E-state index contributed by atoms with van der Waals surface area (Å²) in [6.45, 7) is 2.99. The number of carbonyl (C=O) groups excluding carboxylic acids is 1. The van der Waals surface area contributed by atoms with Crippen LogP contribution in [0.1, 0.15) is 48.5 Å². The number of anilines is 1. The SMILES string of the molecule is CCCCCCOc1ccc(C(=O)NC(=S)Nc2ccc(S(=O)(=O)NCc3ccccc3)cc2)cc1Br. The van der Waals surface area contributed by atoms with E-state index in [2.05, 4.69) is 38.2 Å². The maximum atomic E-state index is 12.6. The lowest BCUT2D eigenvalue weighted by molar-refractivity contribution is 0.0977. The van der Waals surface area contributed by atoms with Gasteiger partial charge in [0.15, 0.2) is 5.11 Å². The summed E-state index contributed by atoms with van der Waals surface area (Å²) in [6.07, 6.45) is 4.47. The van der Waals surface area contributed by atoms with Gasteiger partial charge in [0, 0.05) is 17.8 Å². The van der Waals surface area contributed by atoms with Crippen molar-refractivity contribution in [2.45, 2.75) is 44.0 Å². The van der Waals surface area contributed by atoms with Gasteiger partial charge < -0.3 is 10.1 Å². The molecule has 0 fully saturated rings. The third kappa shape index (κ3) is 9.23. The van der Waals surface area contributed by atoms with E-state index in [1.54, 1.807) is 30.3 Å². The molecule has 0 aromatic heterocycles. The van der Waals surface area contributed by atoms with Crippen LogP contribution in [0.4, 0.5) is 5.69 Å². The average Bonchev–Trinajstić information content (AvgIpc) is 2.89. The van der Waals surface area contributed by atoms with E-state index >= 15 is 0 Å². The molecule has 0 unspecified atom stereocenters. The topological polar surface area (TPSA) is 96.5 Å². The quantitative estimate of drug-likeness (QED) is 0.173. The van der Waals surface area contributed by atoms with E-state index in [-0.39, 0.29) is 22.5 Å². The first-order chi connectivity index (χ1) is 17.8. The first-order valence-corrected chi connectivity index (χ1v) is 14.7. The fourth-order valence-corrected chi connectivity index (χ4v) is 5.10. The van der Waals surface area contributed by atoms with E-state index in [4.69, 9.17) is 17.0 Å². The molecule has 0 saturated heterocycles. The number of rotatable bonds is 12. The van der Waals surface area contributed by atoms with Crippen LogP contribution in [0.15, 0.2) is 82.2 Å². The third-order valence-electron chi connectivity index (χ3n) is 5.41. The summed E-state index contributed by atoms with van der Waals surface area (Å²) in [5.74, 6) is 0.305. The molecule has 37 heavy (non-hydrogen) atoms. The molecule has 0 atom stereocenters. The minimum atomic E-state index is -3.67. The highest BCUT2D eigenvalue weighted by Gasteiger charge is 2.15. The number of hydrogen-bond donors (Lipinski definition) is 3. The summed E-state index contributed by atoms with van der Waals surface area (Å²) in [5.41, 5.74) is 1.82. The molecule has 3 aromatic carbocycles. The number of sulfonamides is 1. The summed E-state index contributed by atoms with van der Waals surface area (Å²) in [7, 11) is -3.67. The lowest BCUT2D eigenvalue weighted by atomic mass is 10.2. The van der Waals surface area contributed by atoms with Crippen molar-refractivity contribution >= 4 is 54.9 Å². The molecule has 7 nitrogen and oxygen atoms in total. The molecule has 3 N–H and O–H groups in total. The number of benzene rings is 3. The number of hydrogen-bond acceptors (Lipinski definition) is 5. The van der Waals surface area contributed by atoms with E-state index in [1.165, 1.54) is 25.0 Å². The van der Waals surface area contributed by atoms with Crippen LogP contribution in [0.5, 0.6) is 5.75 Å². The number of thiocarbonyl (C=S) groups is 1. The molecule has 1 amide bonds. The number of carbonyl (C=O) groups is 1. The van der Waals surface area contributed by atoms with Gasteiger partial charge in [0.25, 0.3) is 5.91 Å². The fraction of sp³-hybridized carbons (Fsp3) is 0.259. The van der Waals surface area contributed by atoms with Gasteiger partial charge in [-0.1, -0.05) is 56.5 Å². The van der Waals surface area contributed by atoms with Crippen molar-refractivity contribution in [2.24, 2.45) is 0 Å². The fourth-order valence-electron chi connectivity index (χ4n) is 3.38. The maximum absolute atomic E-state index is 12.6. The van der Waals surface area contributed by atoms with Crippen molar-refractivity contribution in [1.29, 1.82) is 0 Å². The van der Waals surface area contributed by atoms with E-state index in [9.17, 15) is 13.2 Å². The summed E-state index contributed by atoms with van der Waals surface area (Å²) >= 11 is 8.71. The first kappa shape index (κ1) is 28.8. The Morgan fingerprint density at radius 3 is 2.38 bits per heavy atom. The van der Waals surface area contributed by atoms with Gasteiger partial charge in [-0.05, 0) is 82.6 Å². The Bertz CT molecular complexity index is 1300.